The van der Waals surface area contributed by atoms with Crippen molar-refractivity contribution in [3.63, 3.8) is 0 Å². The Bertz CT molecular complexity index is 659. The molecule has 0 spiro atoms. The molecule has 2 aromatic rings. The molecule has 0 bridgehead atoms. The molecule has 1 aromatic carbocycles. The zero-order valence-corrected chi connectivity index (χ0v) is 12.6. The van der Waals surface area contributed by atoms with E-state index in [2.05, 4.69) is 25.7 Å². The lowest BCUT2D eigenvalue weighted by Crippen LogP contribution is -2.06. The summed E-state index contributed by atoms with van der Waals surface area (Å²) in [5.41, 5.74) is 7.10. The highest BCUT2D eigenvalue weighted by Crippen LogP contribution is 2.27. The van der Waals surface area contributed by atoms with Gasteiger partial charge in [0.05, 0.1) is 24.6 Å². The van der Waals surface area contributed by atoms with Gasteiger partial charge in [0.1, 0.15) is 5.75 Å². The standard InChI is InChI=1S/C14H13BrN2O3/c1-8-5-9(15)3-4-12(8)20-13-6-10(14(18)19-2)11(16)7-17-13/h3-7H,16H2,1-2H3. The second-order valence-corrected chi connectivity index (χ2v) is 5.03. The van der Waals surface area contributed by atoms with Crippen LogP contribution in [-0.4, -0.2) is 18.1 Å². The average molecular weight is 337 g/mol. The number of carbonyl (C=O) groups excluding carboxylic acids is 1. The fourth-order valence-electron chi connectivity index (χ4n) is 1.63. The quantitative estimate of drug-likeness (QED) is 0.870. The Balaban J connectivity index is 2.32. The lowest BCUT2D eigenvalue weighted by atomic mass is 10.2. The number of aromatic nitrogens is 1. The zero-order chi connectivity index (χ0) is 14.7. The van der Waals surface area contributed by atoms with E-state index in [4.69, 9.17) is 10.5 Å². The molecule has 0 amide bonds. The Kier molecular flexibility index (Phi) is 4.24. The maximum absolute atomic E-state index is 11.6. The first-order valence-electron chi connectivity index (χ1n) is 5.79. The number of pyridine rings is 1. The number of methoxy groups -OCH3 is 1. The van der Waals surface area contributed by atoms with Crippen LogP contribution in [0.3, 0.4) is 0 Å². The average Bonchev–Trinajstić information content (AvgIpc) is 2.43. The first-order valence-corrected chi connectivity index (χ1v) is 6.58. The van der Waals surface area contributed by atoms with Gasteiger partial charge in [-0.2, -0.15) is 0 Å². The number of nitrogens with zero attached hydrogens (tertiary/aromatic N) is 1. The minimum Gasteiger partial charge on any atom is -0.465 e. The lowest BCUT2D eigenvalue weighted by Gasteiger charge is -2.10. The number of rotatable bonds is 3. The number of nitrogen functional groups attached to an aromatic ring is 1. The van der Waals surface area contributed by atoms with Crippen LogP contribution in [0.25, 0.3) is 0 Å². The molecular formula is C14H13BrN2O3. The monoisotopic (exact) mass is 336 g/mol. The number of hydrogen-bond donors (Lipinski definition) is 1. The Hall–Kier alpha value is -2.08. The van der Waals surface area contributed by atoms with E-state index < -0.39 is 5.97 Å². The van der Waals surface area contributed by atoms with E-state index in [-0.39, 0.29) is 17.1 Å². The smallest absolute Gasteiger partial charge is 0.340 e. The predicted octanol–water partition coefficient (Wildman–Crippen LogP) is 3.31. The van der Waals surface area contributed by atoms with Crippen LogP contribution in [0, 0.1) is 6.92 Å². The van der Waals surface area contributed by atoms with E-state index in [1.807, 2.05) is 25.1 Å². The molecular weight excluding hydrogens is 324 g/mol. The maximum Gasteiger partial charge on any atom is 0.340 e. The van der Waals surface area contributed by atoms with Crippen LogP contribution >= 0.6 is 15.9 Å². The topological polar surface area (TPSA) is 74.4 Å². The van der Waals surface area contributed by atoms with Crippen molar-refractivity contribution in [1.29, 1.82) is 0 Å². The van der Waals surface area contributed by atoms with Crippen molar-refractivity contribution in [2.24, 2.45) is 0 Å². The van der Waals surface area contributed by atoms with Gasteiger partial charge in [0, 0.05) is 10.5 Å². The molecule has 0 fully saturated rings. The highest BCUT2D eigenvalue weighted by Gasteiger charge is 2.13. The molecule has 0 aliphatic heterocycles. The Morgan fingerprint density at radius 3 is 2.75 bits per heavy atom. The summed E-state index contributed by atoms with van der Waals surface area (Å²) in [5, 5.41) is 0. The number of nitrogens with two attached hydrogens (primary N) is 1. The summed E-state index contributed by atoms with van der Waals surface area (Å²) in [7, 11) is 1.29. The minimum absolute atomic E-state index is 0.229. The van der Waals surface area contributed by atoms with Crippen molar-refractivity contribution >= 4 is 27.6 Å². The first-order chi connectivity index (χ1) is 9.51. The molecule has 6 heteroatoms. The Morgan fingerprint density at radius 1 is 1.35 bits per heavy atom. The van der Waals surface area contributed by atoms with Gasteiger partial charge >= 0.3 is 5.97 Å². The second kappa shape index (κ2) is 5.92. The van der Waals surface area contributed by atoms with Crippen LogP contribution < -0.4 is 10.5 Å². The van der Waals surface area contributed by atoms with Gasteiger partial charge in [0.25, 0.3) is 0 Å². The molecule has 1 heterocycles. The van der Waals surface area contributed by atoms with Crippen LogP contribution in [0.15, 0.2) is 34.9 Å². The Morgan fingerprint density at radius 2 is 2.10 bits per heavy atom. The molecule has 0 radical (unpaired) electrons. The largest absolute Gasteiger partial charge is 0.465 e. The van der Waals surface area contributed by atoms with Crippen LogP contribution in [0.1, 0.15) is 15.9 Å². The summed E-state index contributed by atoms with van der Waals surface area (Å²) in [6.07, 6.45) is 1.37. The minimum atomic E-state index is -0.526. The van der Waals surface area contributed by atoms with Crippen molar-refractivity contribution in [2.45, 2.75) is 6.92 Å². The first kappa shape index (κ1) is 14.3. The highest BCUT2D eigenvalue weighted by atomic mass is 79.9. The number of ether oxygens (including phenoxy) is 2. The summed E-state index contributed by atoms with van der Waals surface area (Å²) in [4.78, 5) is 15.6. The fraction of sp³-hybridized carbons (Fsp3) is 0.143. The third-order valence-electron chi connectivity index (χ3n) is 2.67. The molecule has 0 unspecified atom stereocenters. The van der Waals surface area contributed by atoms with Crippen molar-refractivity contribution in [3.8, 4) is 11.6 Å². The SMILES string of the molecule is COC(=O)c1cc(Oc2ccc(Br)cc2C)ncc1N. The molecule has 5 nitrogen and oxygen atoms in total. The fourth-order valence-corrected chi connectivity index (χ4v) is 2.10. The number of carbonyl (C=O) groups is 1. The molecule has 0 saturated carbocycles. The van der Waals surface area contributed by atoms with Gasteiger partial charge in [0.15, 0.2) is 0 Å². The summed E-state index contributed by atoms with van der Waals surface area (Å²) < 4.78 is 11.3. The number of hydrogen-bond acceptors (Lipinski definition) is 5. The van der Waals surface area contributed by atoms with E-state index in [1.54, 1.807) is 0 Å². The third kappa shape index (κ3) is 3.08. The predicted molar refractivity (Wildman–Crippen MR) is 78.9 cm³/mol. The van der Waals surface area contributed by atoms with Crippen molar-refractivity contribution in [3.05, 3.63) is 46.1 Å². The summed E-state index contributed by atoms with van der Waals surface area (Å²) >= 11 is 3.38. The maximum atomic E-state index is 11.6. The van der Waals surface area contributed by atoms with Crippen molar-refractivity contribution in [2.75, 3.05) is 12.8 Å². The van der Waals surface area contributed by atoms with Crippen LogP contribution in [0.4, 0.5) is 5.69 Å². The lowest BCUT2D eigenvalue weighted by molar-refractivity contribution is 0.0601. The summed E-state index contributed by atoms with van der Waals surface area (Å²) in [6, 6.07) is 7.06. The molecule has 104 valence electrons. The van der Waals surface area contributed by atoms with Crippen molar-refractivity contribution in [1.82, 2.24) is 4.98 Å². The number of halogens is 1. The molecule has 0 aliphatic rings. The van der Waals surface area contributed by atoms with E-state index >= 15 is 0 Å². The van der Waals surface area contributed by atoms with E-state index in [9.17, 15) is 4.79 Å². The molecule has 0 atom stereocenters. The van der Waals surface area contributed by atoms with E-state index in [1.165, 1.54) is 19.4 Å². The van der Waals surface area contributed by atoms with Gasteiger partial charge < -0.3 is 15.2 Å². The number of benzene rings is 1. The van der Waals surface area contributed by atoms with Gasteiger partial charge in [-0.15, -0.1) is 0 Å². The Labute approximate surface area is 124 Å². The third-order valence-corrected chi connectivity index (χ3v) is 3.16. The zero-order valence-electron chi connectivity index (χ0n) is 11.0. The summed E-state index contributed by atoms with van der Waals surface area (Å²) in [5.74, 6) is 0.411. The van der Waals surface area contributed by atoms with Gasteiger partial charge in [-0.3, -0.25) is 0 Å². The molecule has 0 saturated heterocycles. The number of aryl methyl sites for hydroxylation is 1. The molecule has 2 N–H and O–H groups in total. The molecule has 1 aromatic heterocycles. The van der Waals surface area contributed by atoms with E-state index in [0.29, 0.717) is 5.75 Å². The van der Waals surface area contributed by atoms with Crippen molar-refractivity contribution < 1.29 is 14.3 Å². The van der Waals surface area contributed by atoms with Crippen LogP contribution in [-0.2, 0) is 4.74 Å². The van der Waals surface area contributed by atoms with Gasteiger partial charge in [0.2, 0.25) is 5.88 Å². The van der Waals surface area contributed by atoms with Gasteiger partial charge in [-0.1, -0.05) is 15.9 Å². The normalized spacial score (nSPS) is 10.2. The molecule has 0 aliphatic carbocycles. The van der Waals surface area contributed by atoms with Crippen LogP contribution in [0.5, 0.6) is 11.6 Å². The van der Waals surface area contributed by atoms with Crippen LogP contribution in [0.2, 0.25) is 0 Å². The second-order valence-electron chi connectivity index (χ2n) is 4.11. The number of esters is 1. The summed E-state index contributed by atoms with van der Waals surface area (Å²) in [6.45, 7) is 1.92. The molecule has 20 heavy (non-hydrogen) atoms. The van der Waals surface area contributed by atoms with E-state index in [0.717, 1.165) is 10.0 Å². The van der Waals surface area contributed by atoms with Gasteiger partial charge in [-0.25, -0.2) is 9.78 Å². The highest BCUT2D eigenvalue weighted by molar-refractivity contribution is 9.10. The number of anilines is 1. The van der Waals surface area contributed by atoms with Gasteiger partial charge in [-0.05, 0) is 30.7 Å². The molecule has 2 rings (SSSR count).